The van der Waals surface area contributed by atoms with Crippen LogP contribution in [0.15, 0.2) is 48.5 Å². The van der Waals surface area contributed by atoms with Crippen molar-refractivity contribution in [1.82, 2.24) is 14.8 Å². The van der Waals surface area contributed by atoms with Crippen LogP contribution in [0.2, 0.25) is 0 Å². The van der Waals surface area contributed by atoms with Crippen LogP contribution in [0.4, 0.5) is 0 Å². The molecule has 1 aromatic heterocycles. The number of hydrogen-bond acceptors (Lipinski definition) is 6. The molecule has 0 unspecified atom stereocenters. The van der Waals surface area contributed by atoms with Crippen molar-refractivity contribution in [2.45, 2.75) is 6.54 Å². The summed E-state index contributed by atoms with van der Waals surface area (Å²) in [7, 11) is 3.23. The van der Waals surface area contributed by atoms with Crippen LogP contribution in [0.1, 0.15) is 10.6 Å². The molecule has 0 radical (unpaired) electrons. The normalized spacial score (nSPS) is 15.1. The van der Waals surface area contributed by atoms with Gasteiger partial charge in [-0.2, -0.15) is 0 Å². The number of piperazine rings is 1. The maximum atomic E-state index is 12.6. The maximum absolute atomic E-state index is 12.6. The van der Waals surface area contributed by atoms with E-state index in [2.05, 4.69) is 17.0 Å². The summed E-state index contributed by atoms with van der Waals surface area (Å²) in [6.45, 7) is 3.96. The highest BCUT2D eigenvalue weighted by Gasteiger charge is 2.20. The van der Waals surface area contributed by atoms with E-state index in [-0.39, 0.29) is 5.91 Å². The van der Waals surface area contributed by atoms with E-state index in [0.717, 1.165) is 41.5 Å². The number of thiazole rings is 1. The van der Waals surface area contributed by atoms with Crippen LogP contribution in [0.3, 0.4) is 0 Å². The van der Waals surface area contributed by atoms with Crippen molar-refractivity contribution in [2.24, 2.45) is 0 Å². The number of carbonyl (C=O) groups excluding carboxylic acids is 1. The number of aromatic nitrogens is 1. The van der Waals surface area contributed by atoms with E-state index in [1.54, 1.807) is 37.7 Å². The molecule has 4 rings (SSSR count). The summed E-state index contributed by atoms with van der Waals surface area (Å²) >= 11 is 1.74. The molecule has 3 aromatic rings. The van der Waals surface area contributed by atoms with Crippen LogP contribution in [0.5, 0.6) is 11.5 Å². The lowest BCUT2D eigenvalue weighted by Gasteiger charge is -2.33. The third-order valence-corrected chi connectivity index (χ3v) is 6.25. The molecule has 0 atom stereocenters. The van der Waals surface area contributed by atoms with Gasteiger partial charge in [0.1, 0.15) is 16.5 Å². The van der Waals surface area contributed by atoms with Gasteiger partial charge in [-0.15, -0.1) is 11.3 Å². The number of ether oxygens (including phenoxy) is 2. The Morgan fingerprint density at radius 2 is 1.90 bits per heavy atom. The first-order valence-corrected chi connectivity index (χ1v) is 10.7. The van der Waals surface area contributed by atoms with Crippen molar-refractivity contribution in [1.29, 1.82) is 0 Å². The SMILES string of the molecule is COc1ccc(/C=C/C(=O)N2CCN(Cc3nc4ccccc4s3)CC2)c(OC)c1. The van der Waals surface area contributed by atoms with Crippen molar-refractivity contribution in [3.63, 3.8) is 0 Å². The molecule has 6 nitrogen and oxygen atoms in total. The third kappa shape index (κ3) is 4.63. The molecule has 7 heteroatoms. The fourth-order valence-electron chi connectivity index (χ4n) is 3.53. The van der Waals surface area contributed by atoms with Crippen LogP contribution in [0, 0.1) is 0 Å². The highest BCUT2D eigenvalue weighted by molar-refractivity contribution is 7.18. The average molecular weight is 424 g/mol. The van der Waals surface area contributed by atoms with E-state index in [9.17, 15) is 4.79 Å². The molecule has 0 bridgehead atoms. The second kappa shape index (κ2) is 9.28. The molecule has 156 valence electrons. The minimum Gasteiger partial charge on any atom is -0.497 e. The van der Waals surface area contributed by atoms with E-state index in [1.165, 1.54) is 4.70 Å². The zero-order valence-electron chi connectivity index (χ0n) is 17.2. The van der Waals surface area contributed by atoms with Gasteiger partial charge in [-0.05, 0) is 30.3 Å². The third-order valence-electron chi connectivity index (χ3n) is 5.23. The zero-order chi connectivity index (χ0) is 20.9. The second-order valence-corrected chi connectivity index (χ2v) is 8.23. The molecular weight excluding hydrogens is 398 g/mol. The summed E-state index contributed by atoms with van der Waals surface area (Å²) in [5.74, 6) is 1.42. The van der Waals surface area contributed by atoms with Crippen LogP contribution in [0.25, 0.3) is 16.3 Å². The van der Waals surface area contributed by atoms with Crippen LogP contribution < -0.4 is 9.47 Å². The molecule has 30 heavy (non-hydrogen) atoms. The Morgan fingerprint density at radius 1 is 1.10 bits per heavy atom. The van der Waals surface area contributed by atoms with Gasteiger partial charge in [0.25, 0.3) is 0 Å². The quantitative estimate of drug-likeness (QED) is 0.566. The molecule has 1 aliphatic rings. The molecule has 1 aliphatic heterocycles. The Balaban J connectivity index is 1.32. The van der Waals surface area contributed by atoms with Crippen molar-refractivity contribution in [2.75, 3.05) is 40.4 Å². The van der Waals surface area contributed by atoms with Crippen LogP contribution in [-0.2, 0) is 11.3 Å². The lowest BCUT2D eigenvalue weighted by molar-refractivity contribution is -0.127. The van der Waals surface area contributed by atoms with Gasteiger partial charge in [-0.1, -0.05) is 12.1 Å². The molecule has 0 saturated carbocycles. The van der Waals surface area contributed by atoms with Crippen molar-refractivity contribution < 1.29 is 14.3 Å². The molecule has 0 aliphatic carbocycles. The fourth-order valence-corrected chi connectivity index (χ4v) is 4.54. The Labute approximate surface area is 180 Å². The second-order valence-electron chi connectivity index (χ2n) is 7.12. The van der Waals surface area contributed by atoms with E-state index < -0.39 is 0 Å². The Hall–Kier alpha value is -2.90. The van der Waals surface area contributed by atoms with Gasteiger partial charge in [-0.25, -0.2) is 4.98 Å². The van der Waals surface area contributed by atoms with Gasteiger partial charge in [0.15, 0.2) is 0 Å². The van der Waals surface area contributed by atoms with Gasteiger partial charge >= 0.3 is 0 Å². The Bertz CT molecular complexity index is 1020. The van der Waals surface area contributed by atoms with Crippen molar-refractivity contribution >= 4 is 33.5 Å². The monoisotopic (exact) mass is 423 g/mol. The van der Waals surface area contributed by atoms with Gasteiger partial charge in [0.2, 0.25) is 5.91 Å². The molecule has 0 N–H and O–H groups in total. The summed E-state index contributed by atoms with van der Waals surface area (Å²) in [5.41, 5.74) is 1.91. The van der Waals surface area contributed by atoms with E-state index in [4.69, 9.17) is 14.5 Å². The minimum absolute atomic E-state index is 0.0208. The molecule has 1 fully saturated rings. The highest BCUT2D eigenvalue weighted by atomic mass is 32.1. The number of methoxy groups -OCH3 is 2. The number of rotatable bonds is 6. The number of fused-ring (bicyclic) bond motifs is 1. The predicted molar refractivity (Wildman–Crippen MR) is 120 cm³/mol. The predicted octanol–water partition coefficient (Wildman–Crippen LogP) is 3.67. The largest absolute Gasteiger partial charge is 0.497 e. The summed E-state index contributed by atoms with van der Waals surface area (Å²) < 4.78 is 11.8. The maximum Gasteiger partial charge on any atom is 0.246 e. The smallest absolute Gasteiger partial charge is 0.246 e. The van der Waals surface area contributed by atoms with E-state index in [0.29, 0.717) is 18.8 Å². The molecule has 2 aromatic carbocycles. The molecule has 0 spiro atoms. The first kappa shape index (κ1) is 20.4. The van der Waals surface area contributed by atoms with Gasteiger partial charge in [-0.3, -0.25) is 9.69 Å². The standard InChI is InChI=1S/C23H25N3O3S/c1-28-18-9-7-17(20(15-18)29-2)8-10-23(27)26-13-11-25(12-14-26)16-22-24-19-5-3-4-6-21(19)30-22/h3-10,15H,11-14,16H2,1-2H3/b10-8+. The van der Waals surface area contributed by atoms with Crippen LogP contribution in [-0.4, -0.2) is 61.1 Å². The van der Waals surface area contributed by atoms with Crippen LogP contribution >= 0.6 is 11.3 Å². The fraction of sp³-hybridized carbons (Fsp3) is 0.304. The first-order chi connectivity index (χ1) is 14.7. The molecule has 2 heterocycles. The average Bonchev–Trinajstić information content (AvgIpc) is 3.20. The summed E-state index contributed by atoms with van der Waals surface area (Å²) in [4.78, 5) is 21.6. The van der Waals surface area contributed by atoms with Crippen molar-refractivity contribution in [3.8, 4) is 11.5 Å². The minimum atomic E-state index is 0.0208. The number of hydrogen-bond donors (Lipinski definition) is 0. The Morgan fingerprint density at radius 3 is 2.63 bits per heavy atom. The number of carbonyl (C=O) groups is 1. The Kier molecular flexibility index (Phi) is 6.30. The summed E-state index contributed by atoms with van der Waals surface area (Å²) in [5, 5.41) is 1.13. The lowest BCUT2D eigenvalue weighted by atomic mass is 10.1. The highest BCUT2D eigenvalue weighted by Crippen LogP contribution is 2.26. The van der Waals surface area contributed by atoms with E-state index >= 15 is 0 Å². The lowest BCUT2D eigenvalue weighted by Crippen LogP contribution is -2.47. The number of benzene rings is 2. The number of nitrogens with zero attached hydrogens (tertiary/aromatic N) is 3. The molecule has 1 saturated heterocycles. The number of para-hydroxylation sites is 1. The molecular formula is C23H25N3O3S. The van der Waals surface area contributed by atoms with Gasteiger partial charge in [0.05, 0.1) is 31.0 Å². The first-order valence-electron chi connectivity index (χ1n) is 9.92. The topological polar surface area (TPSA) is 54.9 Å². The van der Waals surface area contributed by atoms with Gasteiger partial charge < -0.3 is 14.4 Å². The molecule has 1 amide bonds. The summed E-state index contributed by atoms with van der Waals surface area (Å²) in [6.07, 6.45) is 3.42. The van der Waals surface area contributed by atoms with E-state index in [1.807, 2.05) is 35.2 Å². The number of amides is 1. The zero-order valence-corrected chi connectivity index (χ0v) is 18.0. The van der Waals surface area contributed by atoms with Gasteiger partial charge in [0, 0.05) is 43.9 Å². The summed E-state index contributed by atoms with van der Waals surface area (Å²) in [6, 6.07) is 13.8. The van der Waals surface area contributed by atoms with Crippen molar-refractivity contribution in [3.05, 3.63) is 59.1 Å².